The van der Waals surface area contributed by atoms with Crippen molar-refractivity contribution in [3.05, 3.63) is 34.6 Å². The van der Waals surface area contributed by atoms with Crippen LogP contribution in [0.4, 0.5) is 18.0 Å². The van der Waals surface area contributed by atoms with Crippen molar-refractivity contribution in [2.45, 2.75) is 6.92 Å². The summed E-state index contributed by atoms with van der Waals surface area (Å²) >= 11 is 5.57. The van der Waals surface area contributed by atoms with E-state index in [4.69, 9.17) is 16.4 Å². The number of halogens is 4. The van der Waals surface area contributed by atoms with Gasteiger partial charge < -0.3 is 0 Å². The molecule has 0 aromatic heterocycles. The quantitative estimate of drug-likeness (QED) is 0.595. The molecular formula is C8H6ClF3O. The van der Waals surface area contributed by atoms with Crippen LogP contribution in [0.25, 0.3) is 0 Å². The molecule has 0 bridgehead atoms. The molecule has 0 fully saturated rings. The zero-order valence-electron chi connectivity index (χ0n) is 6.65. The molecule has 0 aliphatic rings. The Labute approximate surface area is 78.1 Å². The fraction of sp³-hybridized carbons (Fsp3) is 0.125. The SMILES string of the molecule is Cc1ccc(F)cc1Cl.O=C(F)F. The van der Waals surface area contributed by atoms with Crippen LogP contribution in [0, 0.1) is 12.7 Å². The molecule has 72 valence electrons. The van der Waals surface area contributed by atoms with E-state index in [-0.39, 0.29) is 5.82 Å². The zero-order chi connectivity index (χ0) is 10.4. The molecule has 0 unspecified atom stereocenters. The van der Waals surface area contributed by atoms with Crippen LogP contribution in [0.1, 0.15) is 5.56 Å². The highest BCUT2D eigenvalue weighted by atomic mass is 35.5. The highest BCUT2D eigenvalue weighted by molar-refractivity contribution is 6.31. The topological polar surface area (TPSA) is 17.1 Å². The summed E-state index contributed by atoms with van der Waals surface area (Å²) in [6, 6.07) is 4.34. The van der Waals surface area contributed by atoms with Crippen molar-refractivity contribution < 1.29 is 18.0 Å². The Morgan fingerprint density at radius 3 is 2.15 bits per heavy atom. The summed E-state index contributed by atoms with van der Waals surface area (Å²) in [5.41, 5.74) is 0.901. The van der Waals surface area contributed by atoms with Gasteiger partial charge in [-0.1, -0.05) is 17.7 Å². The average molecular weight is 211 g/mol. The zero-order valence-corrected chi connectivity index (χ0v) is 7.41. The van der Waals surface area contributed by atoms with Crippen LogP contribution >= 0.6 is 11.6 Å². The van der Waals surface area contributed by atoms with Gasteiger partial charge in [-0.15, -0.1) is 8.78 Å². The lowest BCUT2D eigenvalue weighted by molar-refractivity contribution is 0.199. The van der Waals surface area contributed by atoms with Crippen molar-refractivity contribution in [1.82, 2.24) is 0 Å². The molecule has 1 rings (SSSR count). The fourth-order valence-corrected chi connectivity index (χ4v) is 0.734. The third-order valence-corrected chi connectivity index (χ3v) is 1.54. The first-order chi connectivity index (χ1) is 5.93. The maximum Gasteiger partial charge on any atom is 0.483 e. The smallest absolute Gasteiger partial charge is 0.219 e. The van der Waals surface area contributed by atoms with Crippen LogP contribution in [0.2, 0.25) is 5.02 Å². The van der Waals surface area contributed by atoms with Crippen molar-refractivity contribution in [2.24, 2.45) is 0 Å². The van der Waals surface area contributed by atoms with Crippen molar-refractivity contribution in [2.75, 3.05) is 0 Å². The second-order valence-corrected chi connectivity index (χ2v) is 2.53. The van der Waals surface area contributed by atoms with E-state index in [2.05, 4.69) is 0 Å². The van der Waals surface area contributed by atoms with Gasteiger partial charge in [-0.3, -0.25) is 0 Å². The van der Waals surface area contributed by atoms with Gasteiger partial charge in [0.2, 0.25) is 0 Å². The first-order valence-corrected chi connectivity index (χ1v) is 3.58. The maximum absolute atomic E-state index is 12.3. The van der Waals surface area contributed by atoms with E-state index in [9.17, 15) is 13.2 Å². The maximum atomic E-state index is 12.3. The second kappa shape index (κ2) is 5.59. The molecule has 0 atom stereocenters. The summed E-state index contributed by atoms with van der Waals surface area (Å²) in [5.74, 6) is -0.286. The van der Waals surface area contributed by atoms with E-state index in [1.54, 1.807) is 6.07 Å². The van der Waals surface area contributed by atoms with E-state index >= 15 is 0 Å². The Kier molecular flexibility index (Phi) is 5.14. The van der Waals surface area contributed by atoms with Gasteiger partial charge in [-0.05, 0) is 24.6 Å². The molecular weight excluding hydrogens is 205 g/mol. The highest BCUT2D eigenvalue weighted by Gasteiger charge is 1.94. The van der Waals surface area contributed by atoms with Crippen LogP contribution in [-0.2, 0) is 0 Å². The Hall–Kier alpha value is -1.03. The molecule has 13 heavy (non-hydrogen) atoms. The van der Waals surface area contributed by atoms with Gasteiger partial charge in [0.15, 0.2) is 0 Å². The number of aryl methyl sites for hydroxylation is 1. The van der Waals surface area contributed by atoms with Gasteiger partial charge in [0.1, 0.15) is 5.82 Å². The minimum atomic E-state index is -2.83. The third-order valence-electron chi connectivity index (χ3n) is 1.13. The van der Waals surface area contributed by atoms with Gasteiger partial charge in [-0.2, -0.15) is 0 Å². The molecule has 0 saturated carbocycles. The van der Waals surface area contributed by atoms with Crippen LogP contribution in [0.3, 0.4) is 0 Å². The molecule has 0 spiro atoms. The molecule has 0 radical (unpaired) electrons. The lowest BCUT2D eigenvalue weighted by Gasteiger charge is -1.93. The fourth-order valence-electron chi connectivity index (χ4n) is 0.567. The van der Waals surface area contributed by atoms with E-state index in [1.807, 2.05) is 6.92 Å². The Morgan fingerprint density at radius 1 is 1.38 bits per heavy atom. The van der Waals surface area contributed by atoms with Gasteiger partial charge in [0, 0.05) is 5.02 Å². The first-order valence-electron chi connectivity index (χ1n) is 3.20. The molecule has 0 aliphatic heterocycles. The Morgan fingerprint density at radius 2 is 1.85 bits per heavy atom. The molecule has 1 nitrogen and oxygen atoms in total. The monoisotopic (exact) mass is 210 g/mol. The summed E-state index contributed by atoms with van der Waals surface area (Å²) in [6.45, 7) is 1.84. The van der Waals surface area contributed by atoms with Crippen molar-refractivity contribution in [3.63, 3.8) is 0 Å². The van der Waals surface area contributed by atoms with Crippen molar-refractivity contribution >= 4 is 17.9 Å². The molecule has 1 aromatic carbocycles. The van der Waals surface area contributed by atoms with E-state index in [0.29, 0.717) is 5.02 Å². The van der Waals surface area contributed by atoms with Crippen molar-refractivity contribution in [3.8, 4) is 0 Å². The molecule has 0 amide bonds. The average Bonchev–Trinajstić information content (AvgIpc) is 1.96. The largest absolute Gasteiger partial charge is 0.483 e. The second-order valence-electron chi connectivity index (χ2n) is 2.12. The normalized spacial score (nSPS) is 8.69. The molecule has 5 heteroatoms. The summed E-state index contributed by atoms with van der Waals surface area (Å²) in [7, 11) is 0. The van der Waals surface area contributed by atoms with Gasteiger partial charge in [0.25, 0.3) is 0 Å². The minimum absolute atomic E-state index is 0.286. The number of carbonyl (C=O) groups is 1. The van der Waals surface area contributed by atoms with Crippen LogP contribution in [0.5, 0.6) is 0 Å². The third kappa shape index (κ3) is 6.16. The summed E-state index contributed by atoms with van der Waals surface area (Å²) in [5, 5.41) is 0.481. The number of hydrogen-bond acceptors (Lipinski definition) is 1. The van der Waals surface area contributed by atoms with E-state index in [1.165, 1.54) is 12.1 Å². The van der Waals surface area contributed by atoms with Crippen LogP contribution in [0.15, 0.2) is 18.2 Å². The summed E-state index contributed by atoms with van der Waals surface area (Å²) in [6.07, 6.45) is -2.83. The molecule has 0 N–H and O–H groups in total. The summed E-state index contributed by atoms with van der Waals surface area (Å²) < 4.78 is 31.7. The number of hydrogen-bond donors (Lipinski definition) is 0. The number of rotatable bonds is 0. The molecule has 0 heterocycles. The van der Waals surface area contributed by atoms with Gasteiger partial charge >= 0.3 is 6.29 Å². The Bertz CT molecular complexity index is 297. The van der Waals surface area contributed by atoms with E-state index < -0.39 is 6.29 Å². The highest BCUT2D eigenvalue weighted by Crippen LogP contribution is 2.14. The minimum Gasteiger partial charge on any atom is -0.219 e. The predicted molar refractivity (Wildman–Crippen MR) is 43.8 cm³/mol. The number of carbonyl (C=O) groups excluding carboxylic acids is 1. The molecule has 0 saturated heterocycles. The molecule has 1 aromatic rings. The number of benzene rings is 1. The Balaban J connectivity index is 0.000000310. The van der Waals surface area contributed by atoms with Gasteiger partial charge in [-0.25, -0.2) is 9.18 Å². The molecule has 0 aliphatic carbocycles. The lowest BCUT2D eigenvalue weighted by atomic mass is 10.2. The predicted octanol–water partition coefficient (Wildman–Crippen LogP) is 3.83. The lowest BCUT2D eigenvalue weighted by Crippen LogP contribution is -1.76. The summed E-state index contributed by atoms with van der Waals surface area (Å²) in [4.78, 5) is 8.11. The van der Waals surface area contributed by atoms with Crippen LogP contribution < -0.4 is 0 Å². The standard InChI is InChI=1S/C7H6ClF.CF2O/c1-5-2-3-6(9)4-7(5)8;2-1(3)4/h2-4H,1H3;. The van der Waals surface area contributed by atoms with Gasteiger partial charge in [0.05, 0.1) is 0 Å². The van der Waals surface area contributed by atoms with Crippen LogP contribution in [-0.4, -0.2) is 6.29 Å². The van der Waals surface area contributed by atoms with E-state index in [0.717, 1.165) is 5.56 Å². The van der Waals surface area contributed by atoms with Crippen molar-refractivity contribution in [1.29, 1.82) is 0 Å². The first kappa shape index (κ1) is 12.0.